The average molecular weight is 712 g/mol. The van der Waals surface area contributed by atoms with Crippen LogP contribution in [-0.2, 0) is 29.8 Å². The molecule has 268 valence electrons. The molecule has 16 heteroatoms. The molecule has 3 aromatic carbocycles. The van der Waals surface area contributed by atoms with Gasteiger partial charge in [0.2, 0.25) is 10.0 Å². The van der Waals surface area contributed by atoms with Gasteiger partial charge in [0.15, 0.2) is 5.75 Å². The summed E-state index contributed by atoms with van der Waals surface area (Å²) in [6, 6.07) is 14.0. The Labute approximate surface area is 282 Å². The van der Waals surface area contributed by atoms with Gasteiger partial charge in [0.05, 0.1) is 45.0 Å². The SMILES string of the molecule is COc1c(NC(=O)C(=O)c2ccc(OCC[N+]3(C)CCOCC3)c3ccccc23)cc(C(C)(C)C)cc1NS(C)(=O)=O.O=C([O-])C(F)(F)F. The number of carbonyl (C=O) groups excluding carboxylic acids is 3. The quantitative estimate of drug-likeness (QED) is 0.182. The molecule has 1 saturated heterocycles. The zero-order valence-electron chi connectivity index (χ0n) is 28.0. The summed E-state index contributed by atoms with van der Waals surface area (Å²) in [5.41, 5.74) is 0.908. The fraction of sp³-hybridized carbons (Fsp3) is 0.424. The second-order valence-corrected chi connectivity index (χ2v) is 14.5. The van der Waals surface area contributed by atoms with Gasteiger partial charge in [0.25, 0.3) is 11.7 Å². The van der Waals surface area contributed by atoms with Crippen molar-refractivity contribution >= 4 is 49.8 Å². The minimum atomic E-state index is -5.19. The second kappa shape index (κ2) is 15.4. The number of ketones is 1. The number of hydrogen-bond donors (Lipinski definition) is 2. The Kier molecular flexibility index (Phi) is 12.3. The number of carboxylic acids is 1. The number of anilines is 2. The molecule has 1 heterocycles. The van der Waals surface area contributed by atoms with E-state index in [-0.39, 0.29) is 22.7 Å². The number of carboxylic acid groups (broad SMARTS) is 1. The lowest BCUT2D eigenvalue weighted by Crippen LogP contribution is -2.53. The fourth-order valence-electron chi connectivity index (χ4n) is 4.93. The van der Waals surface area contributed by atoms with Gasteiger partial charge in [0.1, 0.15) is 38.0 Å². The largest absolute Gasteiger partial charge is 0.542 e. The number of Topliss-reactive ketones (excluding diaryl/α,β-unsaturated/α-hetero) is 1. The number of morpholine rings is 1. The highest BCUT2D eigenvalue weighted by atomic mass is 32.2. The number of nitrogens with zero attached hydrogens (tertiary/aromatic N) is 1. The third-order valence-electron chi connectivity index (χ3n) is 7.71. The Morgan fingerprint density at radius 2 is 1.55 bits per heavy atom. The molecule has 3 aromatic rings. The Balaban J connectivity index is 0.000000838. The number of halogens is 3. The van der Waals surface area contributed by atoms with Crippen molar-refractivity contribution < 1.29 is 59.8 Å². The average Bonchev–Trinajstić information content (AvgIpc) is 2.99. The number of rotatable bonds is 10. The molecule has 0 radical (unpaired) electrons. The first-order chi connectivity index (χ1) is 22.6. The lowest BCUT2D eigenvalue weighted by atomic mass is 9.86. The number of likely N-dealkylation sites (N-methyl/N-ethyl adjacent to an activating group) is 1. The number of ether oxygens (including phenoxy) is 3. The first-order valence-corrected chi connectivity index (χ1v) is 16.9. The molecule has 1 amide bonds. The molecule has 1 aliphatic rings. The van der Waals surface area contributed by atoms with Gasteiger partial charge in [-0.2, -0.15) is 13.2 Å². The molecule has 0 atom stereocenters. The molecular formula is C33H40F3N3O9S. The Bertz CT molecular complexity index is 1800. The molecule has 0 aromatic heterocycles. The van der Waals surface area contributed by atoms with Crippen LogP contribution in [0.5, 0.6) is 11.5 Å². The predicted octanol–water partition coefficient (Wildman–Crippen LogP) is 3.49. The number of nitrogens with one attached hydrogen (secondary N) is 2. The molecule has 0 unspecified atom stereocenters. The standard InChI is InChI=1S/C31H39N3O7S.C2HF3O2/c1-31(2,3)21-19-25(29(39-5)26(20-21)33-42(6,37)38)32-30(36)28(35)24-11-12-27(23-10-8-7-9-22(23)24)41-18-15-34(4)13-16-40-17-14-34;3-2(4,5)1(6)7/h7-12,19-20,33H,13-18H2,1-6H3;(H,6,7). The summed E-state index contributed by atoms with van der Waals surface area (Å²) < 4.78 is 76.1. The maximum atomic E-state index is 13.5. The van der Waals surface area contributed by atoms with Gasteiger partial charge in [-0.05, 0) is 40.6 Å². The predicted molar refractivity (Wildman–Crippen MR) is 175 cm³/mol. The minimum Gasteiger partial charge on any atom is -0.542 e. The van der Waals surface area contributed by atoms with Crippen molar-refractivity contribution in [1.29, 1.82) is 0 Å². The monoisotopic (exact) mass is 711 g/mol. The summed E-state index contributed by atoms with van der Waals surface area (Å²) >= 11 is 0. The van der Waals surface area contributed by atoms with Crippen LogP contribution in [0.25, 0.3) is 10.8 Å². The van der Waals surface area contributed by atoms with E-state index in [0.717, 1.165) is 54.5 Å². The van der Waals surface area contributed by atoms with Crippen molar-refractivity contribution in [2.24, 2.45) is 0 Å². The molecule has 49 heavy (non-hydrogen) atoms. The number of aliphatic carboxylic acids is 1. The number of methoxy groups -OCH3 is 1. The van der Waals surface area contributed by atoms with Crippen molar-refractivity contribution in [2.45, 2.75) is 32.4 Å². The van der Waals surface area contributed by atoms with Gasteiger partial charge in [-0.25, -0.2) is 8.42 Å². The summed E-state index contributed by atoms with van der Waals surface area (Å²) in [6.45, 7) is 10.5. The van der Waals surface area contributed by atoms with E-state index in [0.29, 0.717) is 17.7 Å². The number of carbonyl (C=O) groups is 3. The number of fused-ring (bicyclic) bond motifs is 1. The molecule has 0 spiro atoms. The lowest BCUT2D eigenvalue weighted by molar-refractivity contribution is -0.916. The van der Waals surface area contributed by atoms with Crippen molar-refractivity contribution in [2.75, 3.05) is 69.9 Å². The number of benzene rings is 3. The molecule has 1 aliphatic heterocycles. The van der Waals surface area contributed by atoms with E-state index in [1.54, 1.807) is 36.4 Å². The first-order valence-electron chi connectivity index (χ1n) is 15.1. The van der Waals surface area contributed by atoms with Crippen molar-refractivity contribution in [3.63, 3.8) is 0 Å². The molecular weight excluding hydrogens is 671 g/mol. The Morgan fingerprint density at radius 1 is 0.980 bits per heavy atom. The summed E-state index contributed by atoms with van der Waals surface area (Å²) in [5, 5.41) is 12.8. The number of alkyl halides is 3. The highest BCUT2D eigenvalue weighted by molar-refractivity contribution is 7.92. The van der Waals surface area contributed by atoms with Crippen LogP contribution >= 0.6 is 0 Å². The molecule has 2 N–H and O–H groups in total. The van der Waals surface area contributed by atoms with Gasteiger partial charge in [-0.15, -0.1) is 0 Å². The van der Waals surface area contributed by atoms with Crippen molar-refractivity contribution in [1.82, 2.24) is 0 Å². The maximum absolute atomic E-state index is 13.5. The first kappa shape index (κ1) is 39.0. The van der Waals surface area contributed by atoms with Crippen LogP contribution in [0.3, 0.4) is 0 Å². The minimum absolute atomic E-state index is 0.0970. The fourth-order valence-corrected chi connectivity index (χ4v) is 5.48. The van der Waals surface area contributed by atoms with Gasteiger partial charge in [-0.3, -0.25) is 14.3 Å². The van der Waals surface area contributed by atoms with Gasteiger partial charge in [-0.1, -0.05) is 45.0 Å². The lowest BCUT2D eigenvalue weighted by Gasteiger charge is -2.37. The third-order valence-corrected chi connectivity index (χ3v) is 8.30. The van der Waals surface area contributed by atoms with E-state index in [1.165, 1.54) is 7.11 Å². The maximum Gasteiger partial charge on any atom is 0.430 e. The molecule has 0 bridgehead atoms. The van der Waals surface area contributed by atoms with E-state index in [9.17, 15) is 31.2 Å². The zero-order chi connectivity index (χ0) is 36.8. The topological polar surface area (TPSA) is 160 Å². The van der Waals surface area contributed by atoms with E-state index in [1.807, 2.05) is 32.9 Å². The molecule has 12 nitrogen and oxygen atoms in total. The van der Waals surface area contributed by atoms with Crippen LogP contribution in [0.15, 0.2) is 48.5 Å². The van der Waals surface area contributed by atoms with Crippen LogP contribution < -0.4 is 24.6 Å². The summed E-state index contributed by atoms with van der Waals surface area (Å²) in [7, 11) is -0.0930. The molecule has 0 saturated carbocycles. The van der Waals surface area contributed by atoms with Gasteiger partial charge in [0, 0.05) is 10.9 Å². The zero-order valence-corrected chi connectivity index (χ0v) is 28.8. The smallest absolute Gasteiger partial charge is 0.430 e. The highest BCUT2D eigenvalue weighted by Gasteiger charge is 2.29. The Morgan fingerprint density at radius 3 is 2.08 bits per heavy atom. The number of amides is 1. The van der Waals surface area contributed by atoms with E-state index in [2.05, 4.69) is 17.1 Å². The number of quaternary nitrogens is 1. The second-order valence-electron chi connectivity index (χ2n) is 12.7. The van der Waals surface area contributed by atoms with Crippen LogP contribution in [0.1, 0.15) is 36.7 Å². The third kappa shape index (κ3) is 10.8. The summed E-state index contributed by atoms with van der Waals surface area (Å²) in [5.74, 6) is -3.90. The molecule has 1 fully saturated rings. The van der Waals surface area contributed by atoms with Crippen LogP contribution in [0.4, 0.5) is 24.5 Å². The summed E-state index contributed by atoms with van der Waals surface area (Å²) in [6.07, 6.45) is -4.17. The van der Waals surface area contributed by atoms with Gasteiger partial charge < -0.3 is 33.9 Å². The molecule has 0 aliphatic carbocycles. The van der Waals surface area contributed by atoms with Crippen LogP contribution in [0, 0.1) is 0 Å². The normalized spacial score (nSPS) is 14.6. The van der Waals surface area contributed by atoms with Gasteiger partial charge >= 0.3 is 6.18 Å². The van der Waals surface area contributed by atoms with Crippen LogP contribution in [-0.4, -0.2) is 96.6 Å². The van der Waals surface area contributed by atoms with E-state index >= 15 is 0 Å². The van der Waals surface area contributed by atoms with Crippen LogP contribution in [0.2, 0.25) is 0 Å². The number of sulfonamides is 1. The van der Waals surface area contributed by atoms with E-state index < -0.39 is 39.3 Å². The number of hydrogen-bond acceptors (Lipinski definition) is 9. The van der Waals surface area contributed by atoms with E-state index in [4.69, 9.17) is 24.1 Å². The highest BCUT2D eigenvalue weighted by Crippen LogP contribution is 2.39. The summed E-state index contributed by atoms with van der Waals surface area (Å²) in [4.78, 5) is 35.6. The Hall–Kier alpha value is -4.41. The molecule has 4 rings (SSSR count). The van der Waals surface area contributed by atoms with Crippen molar-refractivity contribution in [3.05, 3.63) is 59.7 Å². The van der Waals surface area contributed by atoms with Crippen molar-refractivity contribution in [3.8, 4) is 11.5 Å².